The van der Waals surface area contributed by atoms with Crippen LogP contribution < -0.4 is 37.9 Å². The topological polar surface area (TPSA) is 327 Å². The van der Waals surface area contributed by atoms with Crippen LogP contribution in [-0.4, -0.2) is 145 Å². The zero-order chi connectivity index (χ0) is 53.6. The van der Waals surface area contributed by atoms with Crippen molar-refractivity contribution in [2.75, 3.05) is 78.3 Å². The molecule has 7 rings (SSSR count). The van der Waals surface area contributed by atoms with Crippen LogP contribution in [0.5, 0.6) is 0 Å². The van der Waals surface area contributed by atoms with Gasteiger partial charge in [0, 0.05) is 47.6 Å². The van der Waals surface area contributed by atoms with Gasteiger partial charge in [0.2, 0.25) is 29.5 Å². The van der Waals surface area contributed by atoms with E-state index in [0.717, 1.165) is 11.0 Å². The number of pyridine rings is 2. The van der Waals surface area contributed by atoms with Gasteiger partial charge in [-0.25, -0.2) is 14.2 Å². The van der Waals surface area contributed by atoms with Gasteiger partial charge in [-0.2, -0.15) is 0 Å². The molecule has 0 bridgehead atoms. The minimum Gasteiger partial charge on any atom is -0.458 e. The van der Waals surface area contributed by atoms with E-state index in [9.17, 15) is 52.6 Å². The molecule has 4 aromatic rings. The molecule has 25 heteroatoms. The molecule has 75 heavy (non-hydrogen) atoms. The molecule has 0 radical (unpaired) electrons. The second kappa shape index (κ2) is 25.3. The molecule has 0 saturated carbocycles. The second-order valence-corrected chi connectivity index (χ2v) is 17.3. The van der Waals surface area contributed by atoms with Gasteiger partial charge >= 0.3 is 5.97 Å². The number of benzene rings is 2. The van der Waals surface area contributed by atoms with Gasteiger partial charge in [0.15, 0.2) is 5.60 Å². The molecular formula is C50H56FN9O15. The molecule has 3 aliphatic heterocycles. The molecule has 398 valence electrons. The first kappa shape index (κ1) is 54.8. The molecule has 5 heterocycles. The number of esters is 1. The number of hydrogen-bond acceptors (Lipinski definition) is 17. The van der Waals surface area contributed by atoms with Crippen molar-refractivity contribution in [2.24, 2.45) is 0 Å². The quantitative estimate of drug-likeness (QED) is 0.0107. The van der Waals surface area contributed by atoms with E-state index < -0.39 is 78.2 Å². The van der Waals surface area contributed by atoms with Gasteiger partial charge in [-0.05, 0) is 29.7 Å². The number of nitrogens with zero attached hydrogens (tertiary/aromatic N) is 3. The Kier molecular flexibility index (Phi) is 18.5. The molecule has 2 aromatic heterocycles. The molecule has 7 amide bonds. The fourth-order valence-electron chi connectivity index (χ4n) is 8.33. The maximum atomic E-state index is 14.8. The largest absolute Gasteiger partial charge is 0.458 e. The Morgan fingerprint density at radius 2 is 1.47 bits per heavy atom. The highest BCUT2D eigenvalue weighted by molar-refractivity contribution is 6.12. The normalized spacial score (nSPS) is 15.7. The number of halogens is 1. The molecule has 2 atom stereocenters. The van der Waals surface area contributed by atoms with Crippen LogP contribution in [0.1, 0.15) is 47.6 Å². The Labute approximate surface area is 427 Å². The monoisotopic (exact) mass is 1040 g/mol. The highest BCUT2D eigenvalue weighted by Gasteiger charge is 2.45. The lowest BCUT2D eigenvalue weighted by molar-refractivity contribution is -0.172. The standard InChI is InChI=1S/C50H56FN9O15/c1-2-50(70)34-20-39-46-31(25-60(39)48(68)33(34)27-75-49(50)69)32(30-19-36(52)35(51)21-37(30)58-46)26-74-28-56-42(63)23-55-47(67)38(18-29-6-4-3-5-7-29)57-43(64)24-54-41(62)22-53-40(61)10-12-71-14-16-73-17-15-72-13-11-59-44(65)8-9-45(59)66/h3-9,19-21,38,70H,2,10-18,22-28,52H2,1H3,(H,53,61)(H,54,62)(H,55,67)(H,56,63)(H,57,64)/t38?,50-/m0/s1. The van der Waals surface area contributed by atoms with Crippen molar-refractivity contribution in [3.8, 4) is 11.4 Å². The number of nitrogen functional groups attached to an aromatic ring is 1. The first-order valence-corrected chi connectivity index (χ1v) is 23.9. The van der Waals surface area contributed by atoms with E-state index in [-0.39, 0.29) is 132 Å². The SMILES string of the molecule is CC[C@@]1(O)C(=O)OCc2c1cc1n(c2=O)Cc2c-1nc1cc(F)c(N)cc1c2COCNC(=O)CNC(=O)C(Cc1ccccc1)NC(=O)CNC(=O)CNC(=O)CCOCCOCCOCCN1C(=O)C=CC1=O. The van der Waals surface area contributed by atoms with Gasteiger partial charge in [0.1, 0.15) is 25.2 Å². The van der Waals surface area contributed by atoms with Crippen molar-refractivity contribution < 1.29 is 71.5 Å². The second-order valence-electron chi connectivity index (χ2n) is 17.3. The van der Waals surface area contributed by atoms with Crippen LogP contribution in [0.4, 0.5) is 10.1 Å². The molecule has 2 aromatic carbocycles. The smallest absolute Gasteiger partial charge is 0.343 e. The number of carbonyl (C=O) groups is 8. The van der Waals surface area contributed by atoms with Crippen LogP contribution in [0, 0.1) is 5.82 Å². The van der Waals surface area contributed by atoms with Crippen LogP contribution >= 0.6 is 0 Å². The fraction of sp³-hybridized carbons (Fsp3) is 0.400. The van der Waals surface area contributed by atoms with Crippen molar-refractivity contribution in [1.29, 1.82) is 0 Å². The molecule has 1 unspecified atom stereocenters. The lowest BCUT2D eigenvalue weighted by Crippen LogP contribution is -2.52. The third-order valence-corrected chi connectivity index (χ3v) is 12.4. The number of rotatable bonds is 27. The summed E-state index contributed by atoms with van der Waals surface area (Å²) >= 11 is 0. The highest BCUT2D eigenvalue weighted by Crippen LogP contribution is 2.41. The van der Waals surface area contributed by atoms with Crippen LogP contribution in [0.2, 0.25) is 0 Å². The van der Waals surface area contributed by atoms with Crippen molar-refractivity contribution >= 4 is 63.9 Å². The van der Waals surface area contributed by atoms with Crippen LogP contribution in [0.25, 0.3) is 22.3 Å². The van der Waals surface area contributed by atoms with Gasteiger partial charge in [0.05, 0.1) is 107 Å². The van der Waals surface area contributed by atoms with Gasteiger partial charge in [0.25, 0.3) is 17.4 Å². The number of ether oxygens (including phenoxy) is 5. The third-order valence-electron chi connectivity index (χ3n) is 12.4. The number of nitrogens with one attached hydrogen (secondary N) is 5. The van der Waals surface area contributed by atoms with Gasteiger partial charge in [-0.1, -0.05) is 37.3 Å². The van der Waals surface area contributed by atoms with E-state index in [1.54, 1.807) is 37.3 Å². The van der Waals surface area contributed by atoms with Crippen LogP contribution in [0.3, 0.4) is 0 Å². The maximum Gasteiger partial charge on any atom is 0.343 e. The van der Waals surface area contributed by atoms with Gasteiger partial charge in [-0.3, -0.25) is 43.3 Å². The summed E-state index contributed by atoms with van der Waals surface area (Å²) in [6.07, 6.45) is 2.31. The van der Waals surface area contributed by atoms with Gasteiger partial charge < -0.3 is 65.7 Å². The minimum absolute atomic E-state index is 0.00536. The molecule has 0 fully saturated rings. The van der Waals surface area contributed by atoms with E-state index in [0.29, 0.717) is 27.8 Å². The Hall–Kier alpha value is -7.97. The number of imide groups is 1. The van der Waals surface area contributed by atoms with Crippen molar-refractivity contribution in [3.63, 3.8) is 0 Å². The Morgan fingerprint density at radius 1 is 0.813 bits per heavy atom. The van der Waals surface area contributed by atoms with E-state index in [4.69, 9.17) is 29.4 Å². The minimum atomic E-state index is -2.06. The summed E-state index contributed by atoms with van der Waals surface area (Å²) in [6, 6.07) is 11.6. The number of fused-ring (bicyclic) bond motifs is 5. The Morgan fingerprint density at radius 3 is 2.19 bits per heavy atom. The van der Waals surface area contributed by atoms with E-state index in [2.05, 4.69) is 31.6 Å². The average molecular weight is 1040 g/mol. The van der Waals surface area contributed by atoms with Crippen molar-refractivity contribution in [1.82, 2.24) is 41.0 Å². The number of aliphatic hydroxyl groups is 1. The maximum absolute atomic E-state index is 14.8. The summed E-state index contributed by atoms with van der Waals surface area (Å²) in [5, 5.41) is 24.1. The average Bonchev–Trinajstić information content (AvgIpc) is 3.95. The highest BCUT2D eigenvalue weighted by atomic mass is 19.1. The number of nitrogens with two attached hydrogens (primary N) is 1. The summed E-state index contributed by atoms with van der Waals surface area (Å²) < 4.78 is 43.4. The number of cyclic esters (lactones) is 1. The van der Waals surface area contributed by atoms with Crippen molar-refractivity contribution in [2.45, 2.75) is 57.6 Å². The first-order chi connectivity index (χ1) is 36.1. The summed E-state index contributed by atoms with van der Waals surface area (Å²) in [6.45, 7) is 0.490. The molecule has 3 aliphatic rings. The number of hydrogen-bond donors (Lipinski definition) is 7. The number of carbonyl (C=O) groups excluding carboxylic acids is 8. The zero-order valence-electron chi connectivity index (χ0n) is 40.8. The lowest BCUT2D eigenvalue weighted by Gasteiger charge is -2.31. The van der Waals surface area contributed by atoms with Gasteiger partial charge in [-0.15, -0.1) is 0 Å². The predicted octanol–water partition coefficient (Wildman–Crippen LogP) is -1.17. The third kappa shape index (κ3) is 13.6. The van der Waals surface area contributed by atoms with Crippen molar-refractivity contribution in [3.05, 3.63) is 105 Å². The van der Waals surface area contributed by atoms with Crippen LogP contribution in [0.15, 0.2) is 65.5 Å². The molecule has 0 spiro atoms. The summed E-state index contributed by atoms with van der Waals surface area (Å²) in [7, 11) is 0. The molecule has 0 aliphatic carbocycles. The lowest BCUT2D eigenvalue weighted by atomic mass is 9.86. The van der Waals surface area contributed by atoms with E-state index >= 15 is 0 Å². The fourth-order valence-corrected chi connectivity index (χ4v) is 8.33. The zero-order valence-corrected chi connectivity index (χ0v) is 40.8. The van der Waals surface area contributed by atoms with Crippen LogP contribution in [-0.2, 0) is 93.8 Å². The Balaban J connectivity index is 0.830. The molecule has 0 saturated heterocycles. The Bertz CT molecular complexity index is 2930. The van der Waals surface area contributed by atoms with E-state index in [1.807, 2.05) is 0 Å². The first-order valence-electron chi connectivity index (χ1n) is 23.9. The number of aromatic nitrogens is 2. The predicted molar refractivity (Wildman–Crippen MR) is 261 cm³/mol. The molecule has 24 nitrogen and oxygen atoms in total. The summed E-state index contributed by atoms with van der Waals surface area (Å²) in [4.78, 5) is 119. The van der Waals surface area contributed by atoms with E-state index in [1.165, 1.54) is 28.9 Å². The summed E-state index contributed by atoms with van der Waals surface area (Å²) in [5.74, 6) is -5.63. The number of amides is 7. The molecular weight excluding hydrogens is 986 g/mol. The number of anilines is 1. The summed E-state index contributed by atoms with van der Waals surface area (Å²) in [5.41, 5.74) is 5.90. The molecule has 8 N–H and O–H groups in total.